The Morgan fingerprint density at radius 1 is 1.48 bits per heavy atom. The molecule has 1 saturated heterocycles. The summed E-state index contributed by atoms with van der Waals surface area (Å²) in [6.45, 7) is 4.08. The molecular weight excluding hydrogens is 310 g/mol. The Labute approximate surface area is 139 Å². The highest BCUT2D eigenvalue weighted by Gasteiger charge is 2.32. The summed E-state index contributed by atoms with van der Waals surface area (Å²) in [5, 5.41) is 8.06. The summed E-state index contributed by atoms with van der Waals surface area (Å²) in [5.74, 6) is 0.453. The van der Waals surface area contributed by atoms with Crippen molar-refractivity contribution >= 4 is 17.7 Å². The Morgan fingerprint density at radius 2 is 2.35 bits per heavy atom. The number of nitrogens with zero attached hydrogens (tertiary/aromatic N) is 2. The highest BCUT2D eigenvalue weighted by Crippen LogP contribution is 2.44. The molecule has 2 aliphatic rings. The average molecular weight is 329 g/mol. The van der Waals surface area contributed by atoms with Gasteiger partial charge < -0.3 is 10.1 Å². The van der Waals surface area contributed by atoms with E-state index in [9.17, 15) is 4.79 Å². The first-order chi connectivity index (χ1) is 11.3. The number of aromatic nitrogens is 2. The maximum absolute atomic E-state index is 12.3. The van der Waals surface area contributed by atoms with Crippen molar-refractivity contribution in [1.82, 2.24) is 15.1 Å². The van der Waals surface area contributed by atoms with Crippen molar-refractivity contribution in [1.29, 1.82) is 0 Å². The molecule has 1 atom stereocenters. The van der Waals surface area contributed by atoms with E-state index in [0.29, 0.717) is 18.3 Å². The standard InChI is InChI=1S/C17H19N3O2S/c1-2-22-17(21)15-13-10-23-14-6-4-3-5-12(14)16(13)20(19-15)11-7-8-18-9-11/h3-6,11,18H,2,7-10H2,1H3. The number of carbonyl (C=O) groups excluding carboxylic acids is 1. The zero-order chi connectivity index (χ0) is 15.8. The summed E-state index contributed by atoms with van der Waals surface area (Å²) in [6.07, 6.45) is 1.03. The Hall–Kier alpha value is -1.79. The summed E-state index contributed by atoms with van der Waals surface area (Å²) in [7, 11) is 0. The van der Waals surface area contributed by atoms with Crippen molar-refractivity contribution in [2.24, 2.45) is 0 Å². The molecule has 0 saturated carbocycles. The highest BCUT2D eigenvalue weighted by molar-refractivity contribution is 7.98. The molecule has 23 heavy (non-hydrogen) atoms. The van der Waals surface area contributed by atoms with Crippen molar-refractivity contribution in [3.63, 3.8) is 0 Å². The first kappa shape index (κ1) is 14.8. The Kier molecular flexibility index (Phi) is 3.87. The Morgan fingerprint density at radius 3 is 3.13 bits per heavy atom. The molecule has 0 bridgehead atoms. The molecule has 1 unspecified atom stereocenters. The number of carbonyl (C=O) groups is 1. The lowest BCUT2D eigenvalue weighted by atomic mass is 10.0. The van der Waals surface area contributed by atoms with Crippen molar-refractivity contribution < 1.29 is 9.53 Å². The van der Waals surface area contributed by atoms with Crippen LogP contribution in [-0.4, -0.2) is 35.4 Å². The molecular formula is C17H19N3O2S. The van der Waals surface area contributed by atoms with Gasteiger partial charge in [-0.05, 0) is 26.0 Å². The fourth-order valence-electron chi connectivity index (χ4n) is 3.31. The molecule has 2 aromatic rings. The molecule has 6 heteroatoms. The number of thioether (sulfide) groups is 1. The second kappa shape index (κ2) is 6.02. The van der Waals surface area contributed by atoms with Gasteiger partial charge in [0.2, 0.25) is 0 Å². The molecule has 0 spiro atoms. The predicted molar refractivity (Wildman–Crippen MR) is 89.7 cm³/mol. The molecule has 1 N–H and O–H groups in total. The quantitative estimate of drug-likeness (QED) is 0.878. The normalized spacial score (nSPS) is 19.3. The first-order valence-corrected chi connectivity index (χ1v) is 8.99. The van der Waals surface area contributed by atoms with Crippen LogP contribution < -0.4 is 5.32 Å². The first-order valence-electron chi connectivity index (χ1n) is 8.01. The van der Waals surface area contributed by atoms with E-state index in [2.05, 4.69) is 33.3 Å². The van der Waals surface area contributed by atoms with Gasteiger partial charge in [-0.25, -0.2) is 4.79 Å². The molecule has 120 valence electrons. The van der Waals surface area contributed by atoms with Crippen LogP contribution in [-0.2, 0) is 10.5 Å². The SMILES string of the molecule is CCOC(=O)c1nn(C2CCNC2)c2c1CSc1ccccc1-2. The van der Waals surface area contributed by atoms with Gasteiger partial charge in [0.1, 0.15) is 0 Å². The fraction of sp³-hybridized carbons (Fsp3) is 0.412. The van der Waals surface area contributed by atoms with Gasteiger partial charge in [-0.1, -0.05) is 18.2 Å². The van der Waals surface area contributed by atoms with E-state index in [1.807, 2.05) is 13.0 Å². The third-order valence-corrected chi connectivity index (χ3v) is 5.47. The fourth-order valence-corrected chi connectivity index (χ4v) is 4.37. The molecule has 0 aliphatic carbocycles. The second-order valence-electron chi connectivity index (χ2n) is 5.77. The minimum atomic E-state index is -0.312. The summed E-state index contributed by atoms with van der Waals surface area (Å²) >= 11 is 1.76. The number of ether oxygens (including phenoxy) is 1. The van der Waals surface area contributed by atoms with Crippen LogP contribution in [0.4, 0.5) is 0 Å². The smallest absolute Gasteiger partial charge is 0.359 e. The van der Waals surface area contributed by atoms with Crippen LogP contribution in [0, 0.1) is 0 Å². The zero-order valence-electron chi connectivity index (χ0n) is 13.0. The van der Waals surface area contributed by atoms with Crippen molar-refractivity contribution in [2.75, 3.05) is 19.7 Å². The van der Waals surface area contributed by atoms with Crippen molar-refractivity contribution in [2.45, 2.75) is 30.0 Å². The number of fused-ring (bicyclic) bond motifs is 3. The lowest BCUT2D eigenvalue weighted by molar-refractivity contribution is 0.0517. The maximum atomic E-state index is 12.3. The molecule has 0 radical (unpaired) electrons. The van der Waals surface area contributed by atoms with Gasteiger partial charge in [-0.15, -0.1) is 11.8 Å². The molecule has 3 heterocycles. The van der Waals surface area contributed by atoms with E-state index < -0.39 is 0 Å². The van der Waals surface area contributed by atoms with Crippen LogP contribution in [0.2, 0.25) is 0 Å². The number of hydrogen-bond donors (Lipinski definition) is 1. The maximum Gasteiger partial charge on any atom is 0.359 e. The average Bonchev–Trinajstić information content (AvgIpc) is 3.22. The summed E-state index contributed by atoms with van der Waals surface area (Å²) < 4.78 is 7.27. The summed E-state index contributed by atoms with van der Waals surface area (Å²) in [4.78, 5) is 13.6. The molecule has 2 aliphatic heterocycles. The van der Waals surface area contributed by atoms with E-state index in [1.165, 1.54) is 10.5 Å². The van der Waals surface area contributed by atoms with E-state index in [-0.39, 0.29) is 5.97 Å². The van der Waals surface area contributed by atoms with Crippen LogP contribution in [0.1, 0.15) is 35.4 Å². The third kappa shape index (κ3) is 2.46. The summed E-state index contributed by atoms with van der Waals surface area (Å²) in [6, 6.07) is 8.65. The molecule has 1 aromatic carbocycles. The molecule has 1 fully saturated rings. The Bertz CT molecular complexity index is 750. The zero-order valence-corrected chi connectivity index (χ0v) is 13.9. The van der Waals surface area contributed by atoms with Crippen LogP contribution >= 0.6 is 11.8 Å². The van der Waals surface area contributed by atoms with Gasteiger partial charge in [0.15, 0.2) is 5.69 Å². The minimum absolute atomic E-state index is 0.295. The van der Waals surface area contributed by atoms with Gasteiger partial charge >= 0.3 is 5.97 Å². The monoisotopic (exact) mass is 329 g/mol. The Balaban J connectivity index is 1.88. The van der Waals surface area contributed by atoms with Gasteiger partial charge in [0.25, 0.3) is 0 Å². The number of benzene rings is 1. The lowest BCUT2D eigenvalue weighted by Crippen LogP contribution is -2.16. The van der Waals surface area contributed by atoms with Crippen molar-refractivity contribution in [3.8, 4) is 11.3 Å². The molecule has 0 amide bonds. The van der Waals surface area contributed by atoms with Gasteiger partial charge in [0.05, 0.1) is 18.3 Å². The highest BCUT2D eigenvalue weighted by atomic mass is 32.2. The number of esters is 1. The predicted octanol–water partition coefficient (Wildman–Crippen LogP) is 2.87. The summed E-state index contributed by atoms with van der Waals surface area (Å²) in [5.41, 5.74) is 3.76. The molecule has 5 nitrogen and oxygen atoms in total. The topological polar surface area (TPSA) is 56.1 Å². The number of nitrogens with one attached hydrogen (secondary N) is 1. The van der Waals surface area contributed by atoms with Crippen molar-refractivity contribution in [3.05, 3.63) is 35.5 Å². The molecule has 1 aromatic heterocycles. The van der Waals surface area contributed by atoms with Crippen LogP contribution in [0.15, 0.2) is 29.2 Å². The largest absolute Gasteiger partial charge is 0.461 e. The van der Waals surface area contributed by atoms with Gasteiger partial charge in [0, 0.05) is 28.3 Å². The minimum Gasteiger partial charge on any atom is -0.461 e. The van der Waals surface area contributed by atoms with E-state index in [0.717, 1.165) is 36.5 Å². The van der Waals surface area contributed by atoms with Crippen LogP contribution in [0.3, 0.4) is 0 Å². The molecule has 4 rings (SSSR count). The van der Waals surface area contributed by atoms with Gasteiger partial charge in [-0.2, -0.15) is 5.10 Å². The van der Waals surface area contributed by atoms with Gasteiger partial charge in [-0.3, -0.25) is 4.68 Å². The lowest BCUT2D eigenvalue weighted by Gasteiger charge is -2.20. The van der Waals surface area contributed by atoms with E-state index >= 15 is 0 Å². The third-order valence-electron chi connectivity index (χ3n) is 4.37. The van der Waals surface area contributed by atoms with Crippen LogP contribution in [0.25, 0.3) is 11.3 Å². The second-order valence-corrected chi connectivity index (χ2v) is 6.79. The number of rotatable bonds is 3. The van der Waals surface area contributed by atoms with E-state index in [1.54, 1.807) is 11.8 Å². The van der Waals surface area contributed by atoms with E-state index in [4.69, 9.17) is 4.74 Å². The number of hydrogen-bond acceptors (Lipinski definition) is 5. The van der Waals surface area contributed by atoms with Crippen LogP contribution in [0.5, 0.6) is 0 Å².